The second-order valence-corrected chi connectivity index (χ2v) is 5.40. The number of ether oxygens (including phenoxy) is 4. The van der Waals surface area contributed by atoms with Gasteiger partial charge in [-0.25, -0.2) is 0 Å². The van der Waals surface area contributed by atoms with E-state index >= 15 is 0 Å². The van der Waals surface area contributed by atoms with E-state index in [0.29, 0.717) is 6.61 Å². The van der Waals surface area contributed by atoms with E-state index in [-0.39, 0.29) is 12.2 Å². The molecule has 3 rings (SSSR count). The van der Waals surface area contributed by atoms with E-state index in [1.807, 2.05) is 18.2 Å². The summed E-state index contributed by atoms with van der Waals surface area (Å²) in [5.41, 5.74) is 1.04. The molecule has 2 saturated heterocycles. The van der Waals surface area contributed by atoms with Crippen LogP contribution in [0.4, 0.5) is 0 Å². The van der Waals surface area contributed by atoms with Crippen molar-refractivity contribution in [3.63, 3.8) is 0 Å². The monoisotopic (exact) mass is 293 g/mol. The van der Waals surface area contributed by atoms with Crippen LogP contribution in [0.25, 0.3) is 0 Å². The van der Waals surface area contributed by atoms with Crippen molar-refractivity contribution < 1.29 is 18.9 Å². The van der Waals surface area contributed by atoms with E-state index < -0.39 is 0 Å². The van der Waals surface area contributed by atoms with Gasteiger partial charge in [0, 0.05) is 25.3 Å². The number of nitrogens with one attached hydrogen (secondary N) is 1. The summed E-state index contributed by atoms with van der Waals surface area (Å²) in [7, 11) is 1.68. The molecule has 2 fully saturated rings. The summed E-state index contributed by atoms with van der Waals surface area (Å²) in [6, 6.07) is 5.99. The molecule has 1 aromatic rings. The zero-order chi connectivity index (χ0) is 14.5. The van der Waals surface area contributed by atoms with Crippen LogP contribution in [-0.4, -0.2) is 46.1 Å². The van der Waals surface area contributed by atoms with Crippen LogP contribution < -0.4 is 14.8 Å². The highest BCUT2D eigenvalue weighted by molar-refractivity contribution is 5.48. The molecule has 2 atom stereocenters. The fourth-order valence-corrected chi connectivity index (χ4v) is 2.85. The first-order valence-electron chi connectivity index (χ1n) is 7.62. The van der Waals surface area contributed by atoms with Crippen molar-refractivity contribution in [2.45, 2.75) is 25.0 Å². The van der Waals surface area contributed by atoms with Crippen molar-refractivity contribution >= 4 is 0 Å². The third kappa shape index (κ3) is 3.48. The Kier molecular flexibility index (Phi) is 4.95. The van der Waals surface area contributed by atoms with Crippen LogP contribution in [0.1, 0.15) is 24.5 Å². The molecule has 0 spiro atoms. The summed E-state index contributed by atoms with van der Waals surface area (Å²) >= 11 is 0. The third-order valence-electron chi connectivity index (χ3n) is 3.90. The van der Waals surface area contributed by atoms with Crippen LogP contribution in [0.2, 0.25) is 0 Å². The first-order chi connectivity index (χ1) is 10.4. The Hall–Kier alpha value is -1.30. The highest BCUT2D eigenvalue weighted by Gasteiger charge is 2.24. The first-order valence-corrected chi connectivity index (χ1v) is 7.62. The largest absolute Gasteiger partial charge is 0.492 e. The third-order valence-corrected chi connectivity index (χ3v) is 3.90. The smallest absolute Gasteiger partial charge is 0.166 e. The molecule has 2 unspecified atom stereocenters. The van der Waals surface area contributed by atoms with Crippen LogP contribution in [0.3, 0.4) is 0 Å². The van der Waals surface area contributed by atoms with Gasteiger partial charge in [0.25, 0.3) is 0 Å². The van der Waals surface area contributed by atoms with Crippen LogP contribution >= 0.6 is 0 Å². The molecule has 0 saturated carbocycles. The molecule has 21 heavy (non-hydrogen) atoms. The van der Waals surface area contributed by atoms with Crippen LogP contribution in [-0.2, 0) is 9.47 Å². The molecule has 116 valence electrons. The van der Waals surface area contributed by atoms with E-state index in [2.05, 4.69) is 5.32 Å². The maximum Gasteiger partial charge on any atom is 0.166 e. The fraction of sp³-hybridized carbons (Fsp3) is 0.625. The minimum absolute atomic E-state index is 0.0138. The predicted octanol–water partition coefficient (Wildman–Crippen LogP) is 1.91. The quantitative estimate of drug-likeness (QED) is 0.919. The summed E-state index contributed by atoms with van der Waals surface area (Å²) in [5, 5.41) is 3.34. The fourth-order valence-electron chi connectivity index (χ4n) is 2.85. The Balaban J connectivity index is 1.79. The molecule has 2 heterocycles. The second-order valence-electron chi connectivity index (χ2n) is 5.40. The summed E-state index contributed by atoms with van der Waals surface area (Å²) in [6.07, 6.45) is 2.19. The van der Waals surface area contributed by atoms with Gasteiger partial charge in [0.1, 0.15) is 6.10 Å². The standard InChI is InChI=1S/C16H23NO4/c1-18-16-13(15-10-17-7-9-20-15)5-2-6-14(16)21-12-4-3-8-19-11-12/h2,5-6,12,15,17H,3-4,7-11H2,1H3. The summed E-state index contributed by atoms with van der Waals surface area (Å²) in [4.78, 5) is 0. The number of benzene rings is 1. The van der Waals surface area contributed by atoms with Crippen molar-refractivity contribution in [1.82, 2.24) is 5.32 Å². The molecule has 0 bridgehead atoms. The molecule has 0 amide bonds. The molecule has 0 radical (unpaired) electrons. The second kappa shape index (κ2) is 7.11. The molecular formula is C16H23NO4. The molecule has 1 aromatic carbocycles. The minimum atomic E-state index is 0.0138. The first kappa shape index (κ1) is 14.6. The maximum absolute atomic E-state index is 6.08. The lowest BCUT2D eigenvalue weighted by Crippen LogP contribution is -2.33. The lowest BCUT2D eigenvalue weighted by molar-refractivity contribution is 0.00534. The number of morpholine rings is 1. The number of hydrogen-bond donors (Lipinski definition) is 1. The van der Waals surface area contributed by atoms with Crippen molar-refractivity contribution in [2.75, 3.05) is 40.0 Å². The molecule has 5 nitrogen and oxygen atoms in total. The van der Waals surface area contributed by atoms with Crippen LogP contribution in [0.15, 0.2) is 18.2 Å². The Morgan fingerprint density at radius 1 is 1.29 bits per heavy atom. The SMILES string of the molecule is COc1c(OC2CCCOC2)cccc1C1CNCCO1. The number of rotatable bonds is 4. The Morgan fingerprint density at radius 3 is 2.95 bits per heavy atom. The van der Waals surface area contributed by atoms with Gasteiger partial charge in [-0.05, 0) is 18.9 Å². The van der Waals surface area contributed by atoms with Crippen molar-refractivity contribution in [1.29, 1.82) is 0 Å². The normalized spacial score (nSPS) is 26.3. The van der Waals surface area contributed by atoms with Gasteiger partial charge in [-0.15, -0.1) is 0 Å². The van der Waals surface area contributed by atoms with E-state index in [0.717, 1.165) is 56.2 Å². The van der Waals surface area contributed by atoms with Gasteiger partial charge in [-0.1, -0.05) is 12.1 Å². The van der Waals surface area contributed by atoms with Crippen molar-refractivity contribution in [3.05, 3.63) is 23.8 Å². The van der Waals surface area contributed by atoms with Gasteiger partial charge in [0.05, 0.1) is 26.4 Å². The molecule has 0 aromatic heterocycles. The molecular weight excluding hydrogens is 270 g/mol. The van der Waals surface area contributed by atoms with Gasteiger partial charge in [-0.2, -0.15) is 0 Å². The predicted molar refractivity (Wildman–Crippen MR) is 79.0 cm³/mol. The van der Waals surface area contributed by atoms with Gasteiger partial charge in [-0.3, -0.25) is 0 Å². The van der Waals surface area contributed by atoms with E-state index in [1.165, 1.54) is 0 Å². The minimum Gasteiger partial charge on any atom is -0.492 e. The van der Waals surface area contributed by atoms with E-state index in [4.69, 9.17) is 18.9 Å². The average Bonchev–Trinajstić information content (AvgIpc) is 2.56. The number of methoxy groups -OCH3 is 1. The van der Waals surface area contributed by atoms with Crippen LogP contribution in [0, 0.1) is 0 Å². The molecule has 5 heteroatoms. The van der Waals surface area contributed by atoms with Crippen LogP contribution in [0.5, 0.6) is 11.5 Å². The van der Waals surface area contributed by atoms with Crippen molar-refractivity contribution in [2.24, 2.45) is 0 Å². The Labute approximate surface area is 125 Å². The van der Waals surface area contributed by atoms with Gasteiger partial charge < -0.3 is 24.3 Å². The molecule has 1 N–H and O–H groups in total. The van der Waals surface area contributed by atoms with Gasteiger partial charge >= 0.3 is 0 Å². The highest BCUT2D eigenvalue weighted by atomic mass is 16.6. The summed E-state index contributed by atoms with van der Waals surface area (Å²) in [5.74, 6) is 1.55. The topological polar surface area (TPSA) is 49.0 Å². The van der Waals surface area contributed by atoms with Gasteiger partial charge in [0.2, 0.25) is 0 Å². The number of para-hydroxylation sites is 1. The summed E-state index contributed by atoms with van der Waals surface area (Å²) < 4.78 is 23.0. The van der Waals surface area contributed by atoms with Gasteiger partial charge in [0.15, 0.2) is 11.5 Å². The Morgan fingerprint density at radius 2 is 2.24 bits per heavy atom. The maximum atomic E-state index is 6.08. The average molecular weight is 293 g/mol. The van der Waals surface area contributed by atoms with E-state index in [9.17, 15) is 0 Å². The lowest BCUT2D eigenvalue weighted by atomic mass is 10.1. The van der Waals surface area contributed by atoms with Crippen molar-refractivity contribution in [3.8, 4) is 11.5 Å². The van der Waals surface area contributed by atoms with E-state index in [1.54, 1.807) is 7.11 Å². The highest BCUT2D eigenvalue weighted by Crippen LogP contribution is 2.37. The zero-order valence-corrected chi connectivity index (χ0v) is 12.5. The lowest BCUT2D eigenvalue weighted by Gasteiger charge is -2.28. The molecule has 0 aliphatic carbocycles. The summed E-state index contributed by atoms with van der Waals surface area (Å²) in [6.45, 7) is 3.89. The molecule has 2 aliphatic heterocycles. The number of hydrogen-bond acceptors (Lipinski definition) is 5. The molecule has 2 aliphatic rings. The zero-order valence-electron chi connectivity index (χ0n) is 12.5. The Bertz CT molecular complexity index is 454.